The van der Waals surface area contributed by atoms with Gasteiger partial charge in [0.1, 0.15) is 12.2 Å². The highest BCUT2D eigenvalue weighted by molar-refractivity contribution is 6.35. The number of benzene rings is 1. The van der Waals surface area contributed by atoms with Gasteiger partial charge in [0.2, 0.25) is 0 Å². The van der Waals surface area contributed by atoms with Crippen molar-refractivity contribution in [2.24, 2.45) is 0 Å². The number of nitrogens with one attached hydrogen (secondary N) is 2. The monoisotopic (exact) mass is 341 g/mol. The van der Waals surface area contributed by atoms with Crippen LogP contribution >= 0.6 is 23.2 Å². The van der Waals surface area contributed by atoms with E-state index in [9.17, 15) is 4.79 Å². The van der Waals surface area contributed by atoms with Crippen LogP contribution in [0.1, 0.15) is 32.1 Å². The number of hydrogen-bond acceptors (Lipinski definition) is 3. The number of halogens is 2. The Morgan fingerprint density at radius 3 is 2.91 bits per heavy atom. The Bertz CT molecular complexity index is 658. The summed E-state index contributed by atoms with van der Waals surface area (Å²) >= 11 is 11.9. The molecule has 0 bridgehead atoms. The lowest BCUT2D eigenvalue weighted by Crippen LogP contribution is -2.32. The Morgan fingerprint density at radius 1 is 1.41 bits per heavy atom. The molecule has 0 radical (unpaired) electrons. The summed E-state index contributed by atoms with van der Waals surface area (Å²) in [4.78, 5) is 16.3. The third-order valence-electron chi connectivity index (χ3n) is 2.99. The van der Waals surface area contributed by atoms with Crippen molar-refractivity contribution >= 4 is 34.9 Å². The van der Waals surface area contributed by atoms with E-state index in [-0.39, 0.29) is 12.1 Å². The summed E-state index contributed by atoms with van der Waals surface area (Å²) in [7, 11) is 0. The van der Waals surface area contributed by atoms with Gasteiger partial charge in [-0.25, -0.2) is 14.5 Å². The van der Waals surface area contributed by atoms with E-state index in [2.05, 4.69) is 27.6 Å². The highest BCUT2D eigenvalue weighted by Crippen LogP contribution is 2.25. The molecule has 0 aliphatic carbocycles. The van der Waals surface area contributed by atoms with E-state index in [0.29, 0.717) is 21.6 Å². The van der Waals surface area contributed by atoms with Crippen LogP contribution in [0.5, 0.6) is 0 Å². The SMILES string of the molecule is CCCn1ncnc1[C@H](C)NC(=O)Nc1cc(Cl)ccc1Cl. The molecule has 1 aromatic carbocycles. The summed E-state index contributed by atoms with van der Waals surface area (Å²) in [5.74, 6) is 0.703. The second-order valence-electron chi connectivity index (χ2n) is 4.79. The smallest absolute Gasteiger partial charge is 0.319 e. The zero-order valence-corrected chi connectivity index (χ0v) is 13.8. The van der Waals surface area contributed by atoms with Gasteiger partial charge in [-0.1, -0.05) is 30.1 Å². The van der Waals surface area contributed by atoms with Crippen LogP contribution in [0.3, 0.4) is 0 Å². The van der Waals surface area contributed by atoms with Gasteiger partial charge in [0.05, 0.1) is 16.8 Å². The molecule has 1 atom stereocenters. The van der Waals surface area contributed by atoms with E-state index < -0.39 is 0 Å². The normalized spacial score (nSPS) is 12.0. The molecule has 6 nitrogen and oxygen atoms in total. The van der Waals surface area contributed by atoms with Crippen molar-refractivity contribution in [3.63, 3.8) is 0 Å². The maximum absolute atomic E-state index is 12.1. The Kier molecular flexibility index (Phi) is 5.63. The quantitative estimate of drug-likeness (QED) is 0.866. The zero-order chi connectivity index (χ0) is 16.1. The first kappa shape index (κ1) is 16.6. The van der Waals surface area contributed by atoms with Gasteiger partial charge in [0, 0.05) is 11.6 Å². The standard InChI is InChI=1S/C14H17Cl2N5O/c1-3-6-21-13(17-8-18-21)9(2)19-14(22)20-12-7-10(15)4-5-11(12)16/h4-5,7-9H,3,6H2,1-2H3,(H2,19,20,22)/t9-/m0/s1. The van der Waals surface area contributed by atoms with E-state index in [0.717, 1.165) is 13.0 Å². The molecule has 0 fully saturated rings. The molecular formula is C14H17Cl2N5O. The third kappa shape index (κ3) is 4.11. The number of amides is 2. The van der Waals surface area contributed by atoms with Crippen molar-refractivity contribution in [2.45, 2.75) is 32.9 Å². The number of carbonyl (C=O) groups excluding carboxylic acids is 1. The first-order chi connectivity index (χ1) is 10.5. The van der Waals surface area contributed by atoms with E-state index in [1.54, 1.807) is 22.9 Å². The molecule has 22 heavy (non-hydrogen) atoms. The highest BCUT2D eigenvalue weighted by Gasteiger charge is 2.16. The van der Waals surface area contributed by atoms with Gasteiger partial charge in [-0.05, 0) is 31.5 Å². The van der Waals surface area contributed by atoms with Crippen molar-refractivity contribution < 1.29 is 4.79 Å². The van der Waals surface area contributed by atoms with Crippen LogP contribution in [-0.2, 0) is 6.54 Å². The number of anilines is 1. The lowest BCUT2D eigenvalue weighted by Gasteiger charge is -2.15. The minimum Gasteiger partial charge on any atom is -0.328 e. The number of nitrogens with zero attached hydrogens (tertiary/aromatic N) is 3. The molecule has 0 unspecified atom stereocenters. The number of rotatable bonds is 5. The molecule has 0 saturated carbocycles. The summed E-state index contributed by atoms with van der Waals surface area (Å²) in [5, 5.41) is 10.5. The lowest BCUT2D eigenvalue weighted by atomic mass is 10.3. The fourth-order valence-corrected chi connectivity index (χ4v) is 2.34. The van der Waals surface area contributed by atoms with Gasteiger partial charge >= 0.3 is 6.03 Å². The van der Waals surface area contributed by atoms with Crippen LogP contribution in [-0.4, -0.2) is 20.8 Å². The van der Waals surface area contributed by atoms with Crippen molar-refractivity contribution in [1.82, 2.24) is 20.1 Å². The number of hydrogen-bond donors (Lipinski definition) is 2. The molecule has 0 aliphatic heterocycles. The van der Waals surface area contributed by atoms with Crippen LogP contribution in [0, 0.1) is 0 Å². The Labute approximate surface area is 138 Å². The summed E-state index contributed by atoms with van der Waals surface area (Å²) in [6.07, 6.45) is 2.42. The van der Waals surface area contributed by atoms with Crippen LogP contribution < -0.4 is 10.6 Å². The van der Waals surface area contributed by atoms with Gasteiger partial charge in [0.15, 0.2) is 0 Å². The average molecular weight is 342 g/mol. The first-order valence-corrected chi connectivity index (χ1v) is 7.67. The van der Waals surface area contributed by atoms with Gasteiger partial charge in [-0.2, -0.15) is 5.10 Å². The maximum atomic E-state index is 12.1. The number of carbonyl (C=O) groups is 1. The van der Waals surface area contributed by atoms with Crippen LogP contribution in [0.25, 0.3) is 0 Å². The minimum atomic E-state index is -0.386. The van der Waals surface area contributed by atoms with Crippen molar-refractivity contribution in [3.05, 3.63) is 40.4 Å². The number of aryl methyl sites for hydroxylation is 1. The zero-order valence-electron chi connectivity index (χ0n) is 12.3. The minimum absolute atomic E-state index is 0.285. The van der Waals surface area contributed by atoms with Gasteiger partial charge < -0.3 is 10.6 Å². The van der Waals surface area contributed by atoms with Crippen molar-refractivity contribution in [3.8, 4) is 0 Å². The topological polar surface area (TPSA) is 71.8 Å². The van der Waals surface area contributed by atoms with Crippen LogP contribution in [0.15, 0.2) is 24.5 Å². The molecule has 2 N–H and O–H groups in total. The van der Waals surface area contributed by atoms with Gasteiger partial charge in [0.25, 0.3) is 0 Å². The van der Waals surface area contributed by atoms with E-state index in [1.165, 1.54) is 6.33 Å². The molecule has 0 saturated heterocycles. The lowest BCUT2D eigenvalue weighted by molar-refractivity contribution is 0.248. The summed E-state index contributed by atoms with van der Waals surface area (Å²) < 4.78 is 1.78. The average Bonchev–Trinajstić information content (AvgIpc) is 2.91. The van der Waals surface area contributed by atoms with Gasteiger partial charge in [-0.15, -0.1) is 0 Å². The van der Waals surface area contributed by atoms with Gasteiger partial charge in [-0.3, -0.25) is 0 Å². The molecular weight excluding hydrogens is 325 g/mol. The second-order valence-corrected chi connectivity index (χ2v) is 5.63. The Hall–Kier alpha value is -1.79. The van der Waals surface area contributed by atoms with E-state index in [1.807, 2.05) is 6.92 Å². The molecule has 2 amide bonds. The predicted octanol–water partition coefficient (Wildman–Crippen LogP) is 3.88. The summed E-state index contributed by atoms with van der Waals surface area (Å²) in [6, 6.07) is 4.20. The number of urea groups is 1. The van der Waals surface area contributed by atoms with E-state index in [4.69, 9.17) is 23.2 Å². The number of aromatic nitrogens is 3. The molecule has 0 spiro atoms. The predicted molar refractivity (Wildman–Crippen MR) is 87.3 cm³/mol. The molecule has 0 aliphatic rings. The molecule has 1 heterocycles. The maximum Gasteiger partial charge on any atom is 0.319 e. The molecule has 1 aromatic heterocycles. The molecule has 8 heteroatoms. The second kappa shape index (κ2) is 7.47. The fourth-order valence-electron chi connectivity index (χ4n) is 2.01. The Morgan fingerprint density at radius 2 is 2.18 bits per heavy atom. The molecule has 2 aromatic rings. The third-order valence-corrected chi connectivity index (χ3v) is 3.56. The largest absolute Gasteiger partial charge is 0.328 e. The van der Waals surface area contributed by atoms with Crippen molar-refractivity contribution in [2.75, 3.05) is 5.32 Å². The molecule has 118 valence electrons. The Balaban J connectivity index is 2.02. The van der Waals surface area contributed by atoms with Crippen molar-refractivity contribution in [1.29, 1.82) is 0 Å². The summed E-state index contributed by atoms with van der Waals surface area (Å²) in [6.45, 7) is 4.65. The summed E-state index contributed by atoms with van der Waals surface area (Å²) in [5.41, 5.74) is 0.453. The van der Waals surface area contributed by atoms with E-state index >= 15 is 0 Å². The highest BCUT2D eigenvalue weighted by atomic mass is 35.5. The van der Waals surface area contributed by atoms with Crippen LogP contribution in [0.4, 0.5) is 10.5 Å². The fraction of sp³-hybridized carbons (Fsp3) is 0.357. The van der Waals surface area contributed by atoms with Crippen LogP contribution in [0.2, 0.25) is 10.0 Å². The first-order valence-electron chi connectivity index (χ1n) is 6.91. The molecule has 2 rings (SSSR count).